The third-order valence-corrected chi connectivity index (χ3v) is 3.96. The van der Waals surface area contributed by atoms with Crippen molar-refractivity contribution in [2.75, 3.05) is 21.1 Å². The average molecular weight is 314 g/mol. The summed E-state index contributed by atoms with van der Waals surface area (Å²) in [6, 6.07) is 0. The van der Waals surface area contributed by atoms with Gasteiger partial charge in [0.1, 0.15) is 0 Å². The van der Waals surface area contributed by atoms with E-state index in [4.69, 9.17) is 0 Å². The lowest BCUT2D eigenvalue weighted by atomic mass is 10.0. The average Bonchev–Trinajstić information content (AvgIpc) is 2.47. The van der Waals surface area contributed by atoms with Crippen molar-refractivity contribution in [2.24, 2.45) is 0 Å². The van der Waals surface area contributed by atoms with Crippen molar-refractivity contribution in [3.05, 3.63) is 0 Å². The Bertz CT molecular complexity index is 147. The summed E-state index contributed by atoms with van der Waals surface area (Å²) in [4.78, 5) is 2.00. The first-order valence-electron chi connectivity index (χ1n) is 10.3. The van der Waals surface area contributed by atoms with Gasteiger partial charge in [-0.3, -0.25) is 0 Å². The molecule has 0 fully saturated rings. The molecule has 0 saturated carbocycles. The third-order valence-electron chi connectivity index (χ3n) is 3.96. The maximum absolute atomic E-state index is 2.29. The molecule has 0 spiro atoms. The molecule has 0 heterocycles. The molecule has 1 nitrogen and oxygen atoms in total. The highest BCUT2D eigenvalue weighted by molar-refractivity contribution is 4.49. The fourth-order valence-electron chi connectivity index (χ4n) is 2.62. The molecular formula is C21H47N. The van der Waals surface area contributed by atoms with Gasteiger partial charge in [0.2, 0.25) is 0 Å². The highest BCUT2D eigenvalue weighted by atomic mass is 15.0. The predicted octanol–water partition coefficient (Wildman–Crippen LogP) is 7.45. The molecule has 0 aromatic carbocycles. The first kappa shape index (κ1) is 24.2. The normalized spacial score (nSPS) is 10.6. The lowest BCUT2D eigenvalue weighted by molar-refractivity contribution is 0.505. The molecule has 0 amide bonds. The van der Waals surface area contributed by atoms with E-state index in [1.807, 2.05) is 26.0 Å². The summed E-state index contributed by atoms with van der Waals surface area (Å²) in [7, 11) is 6.00. The molecule has 0 rings (SSSR count). The maximum atomic E-state index is 2.29. The van der Waals surface area contributed by atoms with Crippen molar-refractivity contribution in [3.8, 4) is 0 Å². The second kappa shape index (κ2) is 23.2. The molecule has 0 aromatic heterocycles. The molecule has 0 unspecified atom stereocenters. The molecule has 0 aliphatic heterocycles. The van der Waals surface area contributed by atoms with Crippen molar-refractivity contribution in [1.82, 2.24) is 4.90 Å². The molecule has 0 saturated heterocycles. The highest BCUT2D eigenvalue weighted by Gasteiger charge is 1.93. The Kier molecular flexibility index (Phi) is 25.6. The van der Waals surface area contributed by atoms with E-state index in [1.165, 1.54) is 103 Å². The molecule has 0 aliphatic rings. The van der Waals surface area contributed by atoms with Crippen LogP contribution in [-0.2, 0) is 0 Å². The van der Waals surface area contributed by atoms with Gasteiger partial charge < -0.3 is 4.90 Å². The number of hydrogen-bond acceptors (Lipinski definition) is 1. The minimum atomic E-state index is 1.37. The molecule has 22 heavy (non-hydrogen) atoms. The summed E-state index contributed by atoms with van der Waals surface area (Å²) in [6.45, 7) is 4.59. The van der Waals surface area contributed by atoms with E-state index in [2.05, 4.69) is 13.8 Å². The van der Waals surface area contributed by atoms with Crippen molar-refractivity contribution in [1.29, 1.82) is 0 Å². The van der Waals surface area contributed by atoms with Gasteiger partial charge in [-0.2, -0.15) is 0 Å². The van der Waals surface area contributed by atoms with Crippen LogP contribution in [0, 0.1) is 0 Å². The van der Waals surface area contributed by atoms with Gasteiger partial charge in [0.15, 0.2) is 0 Å². The molecule has 0 aliphatic carbocycles. The maximum Gasteiger partial charge on any atom is -0.0140 e. The minimum absolute atomic E-state index is 1.37. The van der Waals surface area contributed by atoms with Gasteiger partial charge in [0.05, 0.1) is 0 Å². The van der Waals surface area contributed by atoms with E-state index in [1.54, 1.807) is 0 Å². The van der Waals surface area contributed by atoms with E-state index in [-0.39, 0.29) is 0 Å². The second-order valence-electron chi connectivity index (χ2n) is 7.29. The number of hydrogen-bond donors (Lipinski definition) is 0. The number of unbranched alkanes of at least 4 members (excludes halogenated alkanes) is 15. The molecule has 0 N–H and O–H groups in total. The van der Waals surface area contributed by atoms with Crippen molar-refractivity contribution < 1.29 is 0 Å². The zero-order valence-electron chi connectivity index (χ0n) is 16.8. The molecular weight excluding hydrogens is 266 g/mol. The minimum Gasteiger partial charge on any atom is -0.312 e. The van der Waals surface area contributed by atoms with Gasteiger partial charge in [-0.15, -0.1) is 0 Å². The van der Waals surface area contributed by atoms with E-state index < -0.39 is 0 Å². The Balaban J connectivity index is 0. The van der Waals surface area contributed by atoms with Crippen LogP contribution in [0.4, 0.5) is 0 Å². The van der Waals surface area contributed by atoms with Crippen LogP contribution in [0.25, 0.3) is 0 Å². The Labute approximate surface area is 143 Å². The van der Waals surface area contributed by atoms with Gasteiger partial charge >= 0.3 is 0 Å². The largest absolute Gasteiger partial charge is 0.312 e. The predicted molar refractivity (Wildman–Crippen MR) is 105 cm³/mol. The second-order valence-corrected chi connectivity index (χ2v) is 7.29. The Morgan fingerprint density at radius 3 is 0.636 bits per heavy atom. The smallest absolute Gasteiger partial charge is 0.0140 e. The van der Waals surface area contributed by atoms with Gasteiger partial charge in [-0.25, -0.2) is 0 Å². The number of rotatable bonds is 15. The van der Waals surface area contributed by atoms with Crippen LogP contribution < -0.4 is 0 Å². The van der Waals surface area contributed by atoms with E-state index in [9.17, 15) is 0 Å². The molecule has 0 atom stereocenters. The van der Waals surface area contributed by atoms with Crippen LogP contribution >= 0.6 is 0 Å². The van der Waals surface area contributed by atoms with E-state index in [0.29, 0.717) is 0 Å². The first-order valence-corrected chi connectivity index (χ1v) is 10.3. The van der Waals surface area contributed by atoms with Crippen molar-refractivity contribution in [3.63, 3.8) is 0 Å². The zero-order chi connectivity index (χ0) is 16.9. The summed E-state index contributed by atoms with van der Waals surface area (Å²) in [5.74, 6) is 0. The molecule has 0 radical (unpaired) electrons. The summed E-state index contributed by atoms with van der Waals surface area (Å²) >= 11 is 0. The fourth-order valence-corrected chi connectivity index (χ4v) is 2.62. The first-order chi connectivity index (χ1) is 10.6. The Morgan fingerprint density at radius 1 is 0.364 bits per heavy atom. The van der Waals surface area contributed by atoms with Crippen molar-refractivity contribution in [2.45, 2.75) is 117 Å². The molecule has 1 heteroatoms. The van der Waals surface area contributed by atoms with Gasteiger partial charge in [0, 0.05) is 0 Å². The van der Waals surface area contributed by atoms with E-state index in [0.717, 1.165) is 0 Å². The SMILES string of the molecule is CCCCCCCCCCCCCCCCCC.CN(C)C. The third kappa shape index (κ3) is 32.1. The van der Waals surface area contributed by atoms with Crippen LogP contribution in [0.3, 0.4) is 0 Å². The van der Waals surface area contributed by atoms with Crippen LogP contribution in [0.15, 0.2) is 0 Å². The Morgan fingerprint density at radius 2 is 0.500 bits per heavy atom. The van der Waals surface area contributed by atoms with E-state index >= 15 is 0 Å². The molecule has 136 valence electrons. The monoisotopic (exact) mass is 313 g/mol. The van der Waals surface area contributed by atoms with Gasteiger partial charge in [-0.05, 0) is 21.1 Å². The summed E-state index contributed by atoms with van der Waals surface area (Å²) < 4.78 is 0. The lowest BCUT2D eigenvalue weighted by Gasteiger charge is -2.03. The zero-order valence-corrected chi connectivity index (χ0v) is 16.8. The van der Waals surface area contributed by atoms with Crippen LogP contribution in [0.1, 0.15) is 117 Å². The standard InChI is InChI=1S/C18H38.C3H9N/c1-3-5-7-9-11-13-15-17-18-16-14-12-10-8-6-4-2;1-4(2)3/h3-18H2,1-2H3;1-3H3. The van der Waals surface area contributed by atoms with Crippen LogP contribution in [-0.4, -0.2) is 26.0 Å². The molecule has 0 aromatic rings. The lowest BCUT2D eigenvalue weighted by Crippen LogP contribution is -1.99. The van der Waals surface area contributed by atoms with Crippen LogP contribution in [0.2, 0.25) is 0 Å². The van der Waals surface area contributed by atoms with Gasteiger partial charge in [0.25, 0.3) is 0 Å². The van der Waals surface area contributed by atoms with Crippen LogP contribution in [0.5, 0.6) is 0 Å². The highest BCUT2D eigenvalue weighted by Crippen LogP contribution is 2.13. The quantitative estimate of drug-likeness (QED) is 0.284. The summed E-state index contributed by atoms with van der Waals surface area (Å²) in [6.07, 6.45) is 23.4. The summed E-state index contributed by atoms with van der Waals surface area (Å²) in [5, 5.41) is 0. The molecule has 0 bridgehead atoms. The van der Waals surface area contributed by atoms with Crippen molar-refractivity contribution >= 4 is 0 Å². The number of nitrogens with zero attached hydrogens (tertiary/aromatic N) is 1. The topological polar surface area (TPSA) is 3.24 Å². The Hall–Kier alpha value is -0.0400. The summed E-state index contributed by atoms with van der Waals surface area (Å²) in [5.41, 5.74) is 0. The fraction of sp³-hybridized carbons (Fsp3) is 1.00. The van der Waals surface area contributed by atoms with Gasteiger partial charge in [-0.1, -0.05) is 117 Å².